The fourth-order valence-corrected chi connectivity index (χ4v) is 2.44. The van der Waals surface area contributed by atoms with Crippen molar-refractivity contribution >= 4 is 17.4 Å². The maximum Gasteiger partial charge on any atom is 0.159 e. The Labute approximate surface area is 99.2 Å². The Morgan fingerprint density at radius 3 is 2.75 bits per heavy atom. The molecule has 2 rings (SSSR count). The van der Waals surface area contributed by atoms with Gasteiger partial charge in [0, 0.05) is 11.4 Å². The van der Waals surface area contributed by atoms with E-state index >= 15 is 0 Å². The number of carbonyl (C=O) groups is 1. The molecule has 0 heterocycles. The fourth-order valence-electron chi connectivity index (χ4n) is 2.14. The summed E-state index contributed by atoms with van der Waals surface area (Å²) >= 11 is 6.05. The van der Waals surface area contributed by atoms with Crippen LogP contribution in [0.5, 0.6) is 0 Å². The topological polar surface area (TPSA) is 63.3 Å². The molecule has 0 unspecified atom stereocenters. The second-order valence-corrected chi connectivity index (χ2v) is 4.68. The molecule has 4 heteroatoms. The molecule has 0 amide bonds. The van der Waals surface area contributed by atoms with E-state index in [0.717, 1.165) is 0 Å². The molecular weight excluding hydrogens is 226 g/mol. The highest BCUT2D eigenvalue weighted by molar-refractivity contribution is 6.31. The smallest absolute Gasteiger partial charge is 0.159 e. The van der Waals surface area contributed by atoms with Crippen molar-refractivity contribution in [3.63, 3.8) is 0 Å². The van der Waals surface area contributed by atoms with Gasteiger partial charge in [0.1, 0.15) is 5.54 Å². The first kappa shape index (κ1) is 11.6. The van der Waals surface area contributed by atoms with Crippen molar-refractivity contribution in [1.29, 1.82) is 0 Å². The highest BCUT2D eigenvalue weighted by atomic mass is 35.5. The van der Waals surface area contributed by atoms with Gasteiger partial charge in [0.2, 0.25) is 0 Å². The first-order valence-electron chi connectivity index (χ1n) is 5.29. The third-order valence-electron chi connectivity index (χ3n) is 3.14. The van der Waals surface area contributed by atoms with Crippen LogP contribution in [0.4, 0.5) is 0 Å². The lowest BCUT2D eigenvalue weighted by Gasteiger charge is -2.34. The van der Waals surface area contributed by atoms with Gasteiger partial charge in [-0.3, -0.25) is 4.79 Å². The summed E-state index contributed by atoms with van der Waals surface area (Å²) in [6.07, 6.45) is 0.526. The molecule has 1 aliphatic rings. The van der Waals surface area contributed by atoms with Gasteiger partial charge in [-0.05, 0) is 24.5 Å². The Morgan fingerprint density at radius 1 is 1.44 bits per heavy atom. The van der Waals surface area contributed by atoms with E-state index in [9.17, 15) is 9.90 Å². The summed E-state index contributed by atoms with van der Waals surface area (Å²) in [5, 5.41) is 9.93. The second kappa shape index (κ2) is 4.17. The Morgan fingerprint density at radius 2 is 2.12 bits per heavy atom. The van der Waals surface area contributed by atoms with Crippen LogP contribution in [0.2, 0.25) is 5.02 Å². The van der Waals surface area contributed by atoms with E-state index in [4.69, 9.17) is 17.3 Å². The Hall–Kier alpha value is -0.900. The highest BCUT2D eigenvalue weighted by Gasteiger charge is 2.41. The second-order valence-electron chi connectivity index (χ2n) is 4.27. The summed E-state index contributed by atoms with van der Waals surface area (Å²) in [6, 6.07) is 7.12. The normalized spacial score (nSPS) is 30.4. The molecule has 86 valence electrons. The predicted octanol–water partition coefficient (Wildman–Crippen LogP) is 1.61. The van der Waals surface area contributed by atoms with Gasteiger partial charge in [-0.15, -0.1) is 0 Å². The van der Waals surface area contributed by atoms with Crippen molar-refractivity contribution in [2.75, 3.05) is 0 Å². The zero-order valence-corrected chi connectivity index (χ0v) is 9.57. The maximum atomic E-state index is 11.9. The summed E-state index contributed by atoms with van der Waals surface area (Å²) in [5.41, 5.74) is 5.77. The zero-order valence-electron chi connectivity index (χ0n) is 8.82. The molecule has 1 aliphatic carbocycles. The van der Waals surface area contributed by atoms with E-state index in [1.54, 1.807) is 18.2 Å². The molecule has 1 saturated carbocycles. The molecule has 2 atom stereocenters. The molecule has 1 fully saturated rings. The van der Waals surface area contributed by atoms with Gasteiger partial charge >= 0.3 is 0 Å². The molecular formula is C12H14ClNO2. The lowest BCUT2D eigenvalue weighted by atomic mass is 9.75. The van der Waals surface area contributed by atoms with E-state index in [-0.39, 0.29) is 12.2 Å². The molecule has 0 radical (unpaired) electrons. The van der Waals surface area contributed by atoms with Gasteiger partial charge in [-0.1, -0.05) is 29.8 Å². The lowest BCUT2D eigenvalue weighted by molar-refractivity contribution is -0.129. The minimum Gasteiger partial charge on any atom is -0.393 e. The minimum absolute atomic E-state index is 0.113. The quantitative estimate of drug-likeness (QED) is 0.783. The van der Waals surface area contributed by atoms with Crippen LogP contribution in [0, 0.1) is 0 Å². The molecule has 0 spiro atoms. The number of aliphatic hydroxyl groups excluding tert-OH is 1. The number of hydrogen-bond donors (Lipinski definition) is 2. The van der Waals surface area contributed by atoms with E-state index in [0.29, 0.717) is 23.4 Å². The average molecular weight is 240 g/mol. The summed E-state index contributed by atoms with van der Waals surface area (Å²) in [4.78, 5) is 11.9. The van der Waals surface area contributed by atoms with E-state index < -0.39 is 11.6 Å². The van der Waals surface area contributed by atoms with E-state index in [1.807, 2.05) is 6.07 Å². The van der Waals surface area contributed by atoms with Crippen LogP contribution in [0.1, 0.15) is 24.8 Å². The molecule has 0 bridgehead atoms. The number of rotatable bonds is 1. The van der Waals surface area contributed by atoms with Crippen LogP contribution >= 0.6 is 11.6 Å². The minimum atomic E-state index is -1.03. The van der Waals surface area contributed by atoms with Crippen molar-refractivity contribution in [1.82, 2.24) is 0 Å². The first-order chi connectivity index (χ1) is 7.54. The monoisotopic (exact) mass is 239 g/mol. The number of aliphatic hydroxyl groups is 1. The van der Waals surface area contributed by atoms with Crippen molar-refractivity contribution in [3.05, 3.63) is 34.9 Å². The molecule has 0 aliphatic heterocycles. The van der Waals surface area contributed by atoms with E-state index in [2.05, 4.69) is 0 Å². The standard InChI is InChI=1S/C12H14ClNO2/c13-10-4-2-1-3-9(10)12(14)6-5-8(15)7-11(12)16/h1-4,8,15H,5-7,14H2/t8-,12-/m1/s1. The predicted molar refractivity (Wildman–Crippen MR) is 62.2 cm³/mol. The zero-order chi connectivity index (χ0) is 11.8. The van der Waals surface area contributed by atoms with Crippen LogP contribution in [0.15, 0.2) is 24.3 Å². The largest absolute Gasteiger partial charge is 0.393 e. The molecule has 16 heavy (non-hydrogen) atoms. The van der Waals surface area contributed by atoms with Gasteiger partial charge < -0.3 is 10.8 Å². The van der Waals surface area contributed by atoms with Crippen LogP contribution in [0.3, 0.4) is 0 Å². The maximum absolute atomic E-state index is 11.9. The lowest BCUT2D eigenvalue weighted by Crippen LogP contribution is -2.49. The van der Waals surface area contributed by atoms with Crippen molar-refractivity contribution in [2.45, 2.75) is 30.9 Å². The molecule has 0 aromatic heterocycles. The SMILES string of the molecule is N[C@@]1(c2ccccc2Cl)CC[C@@H](O)CC1=O. The number of nitrogens with two attached hydrogens (primary N) is 1. The first-order valence-corrected chi connectivity index (χ1v) is 5.67. The molecule has 1 aromatic rings. The Kier molecular flexibility index (Phi) is 3.02. The van der Waals surface area contributed by atoms with Gasteiger partial charge in [-0.25, -0.2) is 0 Å². The van der Waals surface area contributed by atoms with Crippen LogP contribution in [0.25, 0.3) is 0 Å². The third-order valence-corrected chi connectivity index (χ3v) is 3.47. The van der Waals surface area contributed by atoms with Crippen molar-refractivity contribution < 1.29 is 9.90 Å². The van der Waals surface area contributed by atoms with Crippen LogP contribution in [-0.4, -0.2) is 17.0 Å². The number of benzene rings is 1. The van der Waals surface area contributed by atoms with Gasteiger partial charge in [0.15, 0.2) is 5.78 Å². The van der Waals surface area contributed by atoms with Gasteiger partial charge in [0.05, 0.1) is 6.10 Å². The van der Waals surface area contributed by atoms with Crippen molar-refractivity contribution in [3.8, 4) is 0 Å². The average Bonchev–Trinajstić information content (AvgIpc) is 2.25. The fraction of sp³-hybridized carbons (Fsp3) is 0.417. The third kappa shape index (κ3) is 1.86. The summed E-state index contributed by atoms with van der Waals surface area (Å²) in [7, 11) is 0. The molecule has 0 saturated heterocycles. The molecule has 3 nitrogen and oxygen atoms in total. The van der Waals surface area contributed by atoms with Crippen LogP contribution in [-0.2, 0) is 10.3 Å². The molecule has 3 N–H and O–H groups in total. The summed E-state index contributed by atoms with van der Waals surface area (Å²) in [6.45, 7) is 0. The van der Waals surface area contributed by atoms with Crippen LogP contribution < -0.4 is 5.73 Å². The van der Waals surface area contributed by atoms with Crippen molar-refractivity contribution in [2.24, 2.45) is 5.73 Å². The van der Waals surface area contributed by atoms with E-state index in [1.165, 1.54) is 0 Å². The highest BCUT2D eigenvalue weighted by Crippen LogP contribution is 2.35. The number of hydrogen-bond acceptors (Lipinski definition) is 3. The Bertz CT molecular complexity index is 421. The summed E-state index contributed by atoms with van der Waals surface area (Å²) in [5.74, 6) is -0.139. The van der Waals surface area contributed by atoms with Gasteiger partial charge in [-0.2, -0.15) is 0 Å². The van der Waals surface area contributed by atoms with Gasteiger partial charge in [0.25, 0.3) is 0 Å². The number of carbonyl (C=O) groups excluding carboxylic acids is 1. The molecule has 1 aromatic carbocycles. The number of halogens is 1. The summed E-state index contributed by atoms with van der Waals surface area (Å²) < 4.78 is 0. The number of Topliss-reactive ketones (excluding diaryl/α,β-unsaturated/α-hetero) is 1. The number of ketones is 1. The Balaban J connectivity index is 2.39.